The summed E-state index contributed by atoms with van der Waals surface area (Å²) in [5.74, 6) is 0.515. The van der Waals surface area contributed by atoms with Crippen molar-refractivity contribution in [3.8, 4) is 5.75 Å². The predicted octanol–water partition coefficient (Wildman–Crippen LogP) is 3.13. The minimum absolute atomic E-state index is 0.515. The van der Waals surface area contributed by atoms with Gasteiger partial charge in [0.15, 0.2) is 5.75 Å². The first kappa shape index (κ1) is 9.74. The number of rotatable bonds is 3. The molecule has 0 heterocycles. The van der Waals surface area contributed by atoms with Gasteiger partial charge in [-0.15, -0.1) is 0 Å². The van der Waals surface area contributed by atoms with E-state index in [2.05, 4.69) is 4.89 Å². The van der Waals surface area contributed by atoms with E-state index in [0.717, 1.165) is 12.0 Å². The molecule has 2 heteroatoms. The molecule has 15 heavy (non-hydrogen) atoms. The average Bonchev–Trinajstić information content (AvgIpc) is 2.31. The standard InChI is InChI=1S/C13H12O2/c14-15-13-9-5-4-8-12(13)10-11-6-2-1-3-7-11/h1-9,14H,10H2. The highest BCUT2D eigenvalue weighted by Crippen LogP contribution is 2.20. The molecule has 0 saturated heterocycles. The second-order valence-electron chi connectivity index (χ2n) is 3.36. The van der Waals surface area contributed by atoms with Crippen LogP contribution in [0.1, 0.15) is 11.1 Å². The van der Waals surface area contributed by atoms with Crippen LogP contribution in [-0.4, -0.2) is 5.26 Å². The van der Waals surface area contributed by atoms with Crippen LogP contribution in [0.2, 0.25) is 0 Å². The van der Waals surface area contributed by atoms with Crippen molar-refractivity contribution >= 4 is 0 Å². The van der Waals surface area contributed by atoms with Crippen LogP contribution in [0.4, 0.5) is 0 Å². The molecule has 2 aromatic rings. The number of benzene rings is 2. The van der Waals surface area contributed by atoms with Gasteiger partial charge in [0.05, 0.1) is 0 Å². The van der Waals surface area contributed by atoms with Crippen molar-refractivity contribution in [2.45, 2.75) is 6.42 Å². The molecule has 1 N–H and O–H groups in total. The first-order valence-corrected chi connectivity index (χ1v) is 4.83. The van der Waals surface area contributed by atoms with Gasteiger partial charge in [-0.3, -0.25) is 0 Å². The number of hydrogen-bond acceptors (Lipinski definition) is 2. The zero-order valence-electron chi connectivity index (χ0n) is 8.26. The Labute approximate surface area is 88.7 Å². The molecule has 0 aliphatic rings. The lowest BCUT2D eigenvalue weighted by Gasteiger charge is -2.05. The quantitative estimate of drug-likeness (QED) is 0.609. The van der Waals surface area contributed by atoms with Gasteiger partial charge in [-0.2, -0.15) is 0 Å². The zero-order chi connectivity index (χ0) is 10.5. The Morgan fingerprint density at radius 3 is 2.27 bits per heavy atom. The maximum atomic E-state index is 8.70. The second-order valence-corrected chi connectivity index (χ2v) is 3.36. The maximum absolute atomic E-state index is 8.70. The lowest BCUT2D eigenvalue weighted by molar-refractivity contribution is -0.138. The first-order valence-electron chi connectivity index (χ1n) is 4.83. The van der Waals surface area contributed by atoms with Crippen LogP contribution in [0, 0.1) is 0 Å². The average molecular weight is 200 g/mol. The van der Waals surface area contributed by atoms with Gasteiger partial charge in [-0.1, -0.05) is 48.5 Å². The monoisotopic (exact) mass is 200 g/mol. The van der Waals surface area contributed by atoms with Crippen molar-refractivity contribution in [3.63, 3.8) is 0 Å². The van der Waals surface area contributed by atoms with Gasteiger partial charge < -0.3 is 4.89 Å². The SMILES string of the molecule is OOc1ccccc1Cc1ccccc1. The molecule has 0 aliphatic carbocycles. The fourth-order valence-electron chi connectivity index (χ4n) is 1.55. The number of hydrogen-bond donors (Lipinski definition) is 1. The summed E-state index contributed by atoms with van der Waals surface area (Å²) in [5, 5.41) is 8.70. The Balaban J connectivity index is 2.24. The van der Waals surface area contributed by atoms with Crippen LogP contribution in [0.15, 0.2) is 54.6 Å². The van der Waals surface area contributed by atoms with Gasteiger partial charge >= 0.3 is 0 Å². The molecule has 0 spiro atoms. The Bertz CT molecular complexity index is 424. The predicted molar refractivity (Wildman–Crippen MR) is 58.9 cm³/mol. The van der Waals surface area contributed by atoms with Gasteiger partial charge in [0.1, 0.15) is 0 Å². The Morgan fingerprint density at radius 1 is 0.867 bits per heavy atom. The van der Waals surface area contributed by atoms with E-state index in [-0.39, 0.29) is 0 Å². The van der Waals surface area contributed by atoms with Gasteiger partial charge in [-0.05, 0) is 11.6 Å². The molecule has 0 aromatic heterocycles. The highest BCUT2D eigenvalue weighted by atomic mass is 17.1. The third kappa shape index (κ3) is 2.36. The molecule has 0 amide bonds. The van der Waals surface area contributed by atoms with Crippen molar-refractivity contribution in [2.24, 2.45) is 0 Å². The largest absolute Gasteiger partial charge is 0.340 e. The van der Waals surface area contributed by atoms with E-state index in [1.165, 1.54) is 5.56 Å². The van der Waals surface area contributed by atoms with Crippen molar-refractivity contribution in [1.82, 2.24) is 0 Å². The van der Waals surface area contributed by atoms with Crippen LogP contribution in [0.5, 0.6) is 5.75 Å². The molecular weight excluding hydrogens is 188 g/mol. The molecule has 2 nitrogen and oxygen atoms in total. The molecule has 0 atom stereocenters. The summed E-state index contributed by atoms with van der Waals surface area (Å²) in [6, 6.07) is 17.5. The first-order chi connectivity index (χ1) is 7.40. The molecule has 0 unspecified atom stereocenters. The third-order valence-corrected chi connectivity index (χ3v) is 2.31. The lowest BCUT2D eigenvalue weighted by Crippen LogP contribution is -1.93. The minimum Gasteiger partial charge on any atom is -0.340 e. The van der Waals surface area contributed by atoms with Gasteiger partial charge in [-0.25, -0.2) is 5.26 Å². The third-order valence-electron chi connectivity index (χ3n) is 2.31. The molecule has 76 valence electrons. The molecule has 2 aromatic carbocycles. The fourth-order valence-corrected chi connectivity index (χ4v) is 1.55. The Hall–Kier alpha value is -1.80. The fraction of sp³-hybridized carbons (Fsp3) is 0.0769. The van der Waals surface area contributed by atoms with Crippen molar-refractivity contribution in [1.29, 1.82) is 0 Å². The second kappa shape index (κ2) is 4.62. The summed E-state index contributed by atoms with van der Waals surface area (Å²) in [6.45, 7) is 0. The van der Waals surface area contributed by atoms with E-state index in [1.807, 2.05) is 48.5 Å². The summed E-state index contributed by atoms with van der Waals surface area (Å²) < 4.78 is 0. The van der Waals surface area contributed by atoms with E-state index in [4.69, 9.17) is 5.26 Å². The van der Waals surface area contributed by atoms with Gasteiger partial charge in [0.25, 0.3) is 0 Å². The summed E-state index contributed by atoms with van der Waals surface area (Å²) >= 11 is 0. The van der Waals surface area contributed by atoms with Gasteiger partial charge in [0, 0.05) is 12.0 Å². The summed E-state index contributed by atoms with van der Waals surface area (Å²) in [6.07, 6.45) is 0.761. The summed E-state index contributed by atoms with van der Waals surface area (Å²) in [4.78, 5) is 4.32. The highest BCUT2D eigenvalue weighted by molar-refractivity contribution is 5.36. The van der Waals surface area contributed by atoms with Crippen LogP contribution in [0.3, 0.4) is 0 Å². The zero-order valence-corrected chi connectivity index (χ0v) is 8.26. The molecule has 0 radical (unpaired) electrons. The van der Waals surface area contributed by atoms with E-state index < -0.39 is 0 Å². The van der Waals surface area contributed by atoms with Crippen LogP contribution in [0.25, 0.3) is 0 Å². The normalized spacial score (nSPS) is 9.93. The Kier molecular flexibility index (Phi) is 3.00. The van der Waals surface area contributed by atoms with Crippen LogP contribution < -0.4 is 4.89 Å². The molecule has 0 bridgehead atoms. The van der Waals surface area contributed by atoms with E-state index in [0.29, 0.717) is 5.75 Å². The van der Waals surface area contributed by atoms with Crippen molar-refractivity contribution in [3.05, 3.63) is 65.7 Å². The molecule has 2 rings (SSSR count). The molecular formula is C13H12O2. The molecule has 0 aliphatic heterocycles. The molecule has 0 saturated carbocycles. The lowest BCUT2D eigenvalue weighted by atomic mass is 10.0. The highest BCUT2D eigenvalue weighted by Gasteiger charge is 2.03. The van der Waals surface area contributed by atoms with E-state index >= 15 is 0 Å². The smallest absolute Gasteiger partial charge is 0.168 e. The Morgan fingerprint density at radius 2 is 1.53 bits per heavy atom. The van der Waals surface area contributed by atoms with Crippen LogP contribution >= 0.6 is 0 Å². The molecule has 0 fully saturated rings. The van der Waals surface area contributed by atoms with Crippen molar-refractivity contribution < 1.29 is 10.1 Å². The van der Waals surface area contributed by atoms with Gasteiger partial charge in [0.2, 0.25) is 0 Å². The van der Waals surface area contributed by atoms with E-state index in [9.17, 15) is 0 Å². The van der Waals surface area contributed by atoms with E-state index in [1.54, 1.807) is 6.07 Å². The minimum atomic E-state index is 0.515. The maximum Gasteiger partial charge on any atom is 0.168 e. The number of para-hydroxylation sites is 1. The topological polar surface area (TPSA) is 29.5 Å². The van der Waals surface area contributed by atoms with Crippen LogP contribution in [-0.2, 0) is 6.42 Å². The summed E-state index contributed by atoms with van der Waals surface area (Å²) in [5.41, 5.74) is 2.17. The van der Waals surface area contributed by atoms with Crippen molar-refractivity contribution in [2.75, 3.05) is 0 Å². The summed E-state index contributed by atoms with van der Waals surface area (Å²) in [7, 11) is 0.